The van der Waals surface area contributed by atoms with Crippen LogP contribution >= 0.6 is 0 Å². The minimum absolute atomic E-state index is 0.162. The van der Waals surface area contributed by atoms with Gasteiger partial charge < -0.3 is 4.74 Å². The molecule has 3 heteroatoms. The SMILES string of the molecule is Cc1cc(C)c(-c2cnn(C(C)C)c2)c(OC(C)C)c1. The van der Waals surface area contributed by atoms with E-state index >= 15 is 0 Å². The van der Waals surface area contributed by atoms with Crippen molar-refractivity contribution >= 4 is 0 Å². The Morgan fingerprint density at radius 2 is 1.80 bits per heavy atom. The Bertz CT molecular complexity index is 597. The number of aromatic nitrogens is 2. The molecule has 0 aliphatic heterocycles. The molecular formula is C17H24N2O. The van der Waals surface area contributed by atoms with Gasteiger partial charge in [0.1, 0.15) is 5.75 Å². The molecule has 2 aromatic rings. The second-order valence-corrected chi connectivity index (χ2v) is 5.92. The summed E-state index contributed by atoms with van der Waals surface area (Å²) in [5, 5.41) is 4.44. The predicted molar refractivity (Wildman–Crippen MR) is 83.3 cm³/mol. The normalized spacial score (nSPS) is 11.4. The van der Waals surface area contributed by atoms with Crippen LogP contribution in [0.5, 0.6) is 5.75 Å². The Hall–Kier alpha value is -1.77. The van der Waals surface area contributed by atoms with E-state index in [9.17, 15) is 0 Å². The molecule has 0 N–H and O–H groups in total. The summed E-state index contributed by atoms with van der Waals surface area (Å²) < 4.78 is 7.97. The topological polar surface area (TPSA) is 27.1 Å². The molecule has 0 bridgehead atoms. The number of ether oxygens (including phenoxy) is 1. The third-order valence-corrected chi connectivity index (χ3v) is 3.23. The summed E-state index contributed by atoms with van der Waals surface area (Å²) >= 11 is 0. The minimum Gasteiger partial charge on any atom is -0.490 e. The van der Waals surface area contributed by atoms with Crippen molar-refractivity contribution in [2.45, 2.75) is 53.7 Å². The first kappa shape index (κ1) is 14.6. The molecule has 0 unspecified atom stereocenters. The molecular weight excluding hydrogens is 248 g/mol. The molecule has 0 spiro atoms. The minimum atomic E-state index is 0.162. The molecule has 0 aliphatic carbocycles. The second-order valence-electron chi connectivity index (χ2n) is 5.92. The smallest absolute Gasteiger partial charge is 0.128 e. The molecule has 1 heterocycles. The van der Waals surface area contributed by atoms with Gasteiger partial charge in [0.15, 0.2) is 0 Å². The Kier molecular flexibility index (Phi) is 4.17. The van der Waals surface area contributed by atoms with Crippen LogP contribution in [0, 0.1) is 13.8 Å². The number of aryl methyl sites for hydroxylation is 2. The van der Waals surface area contributed by atoms with Gasteiger partial charge in [-0.05, 0) is 58.7 Å². The Labute approximate surface area is 121 Å². The highest BCUT2D eigenvalue weighted by Gasteiger charge is 2.14. The lowest BCUT2D eigenvalue weighted by atomic mass is 10.00. The van der Waals surface area contributed by atoms with Gasteiger partial charge in [0.05, 0.1) is 12.3 Å². The summed E-state index contributed by atoms with van der Waals surface area (Å²) in [7, 11) is 0. The Morgan fingerprint density at radius 3 is 2.35 bits per heavy atom. The molecule has 3 nitrogen and oxygen atoms in total. The third kappa shape index (κ3) is 3.03. The summed E-state index contributed by atoms with van der Waals surface area (Å²) in [6, 6.07) is 4.66. The monoisotopic (exact) mass is 272 g/mol. The van der Waals surface area contributed by atoms with Crippen molar-refractivity contribution < 1.29 is 4.74 Å². The van der Waals surface area contributed by atoms with Crippen LogP contribution in [0.4, 0.5) is 0 Å². The highest BCUT2D eigenvalue weighted by atomic mass is 16.5. The van der Waals surface area contributed by atoms with Gasteiger partial charge in [0, 0.05) is 23.4 Å². The van der Waals surface area contributed by atoms with E-state index in [1.54, 1.807) is 0 Å². The number of hydrogen-bond acceptors (Lipinski definition) is 2. The molecule has 20 heavy (non-hydrogen) atoms. The van der Waals surface area contributed by atoms with Crippen molar-refractivity contribution in [3.8, 4) is 16.9 Å². The van der Waals surface area contributed by atoms with Gasteiger partial charge in [-0.15, -0.1) is 0 Å². The van der Waals surface area contributed by atoms with Crippen LogP contribution in [-0.4, -0.2) is 15.9 Å². The Morgan fingerprint density at radius 1 is 1.10 bits per heavy atom. The van der Waals surface area contributed by atoms with Gasteiger partial charge in [-0.25, -0.2) is 0 Å². The van der Waals surface area contributed by atoms with E-state index in [4.69, 9.17) is 4.74 Å². The molecule has 2 rings (SSSR count). The zero-order valence-electron chi connectivity index (χ0n) is 13.3. The van der Waals surface area contributed by atoms with Gasteiger partial charge in [-0.3, -0.25) is 4.68 Å². The molecule has 0 saturated heterocycles. The van der Waals surface area contributed by atoms with E-state index in [1.807, 2.05) is 10.9 Å². The summed E-state index contributed by atoms with van der Waals surface area (Å²) in [5.41, 5.74) is 4.71. The van der Waals surface area contributed by atoms with Gasteiger partial charge in [-0.2, -0.15) is 5.10 Å². The predicted octanol–water partition coefficient (Wildman–Crippen LogP) is 4.54. The van der Waals surface area contributed by atoms with Gasteiger partial charge >= 0.3 is 0 Å². The average Bonchev–Trinajstić information content (AvgIpc) is 2.76. The summed E-state index contributed by atoms with van der Waals surface area (Å²) in [6.45, 7) is 12.6. The number of rotatable bonds is 4. The maximum atomic E-state index is 5.99. The highest BCUT2D eigenvalue weighted by molar-refractivity contribution is 5.73. The lowest BCUT2D eigenvalue weighted by Crippen LogP contribution is -2.07. The summed E-state index contributed by atoms with van der Waals surface area (Å²) in [5.74, 6) is 0.945. The molecule has 0 fully saturated rings. The first-order chi connectivity index (χ1) is 9.38. The van der Waals surface area contributed by atoms with Crippen LogP contribution in [-0.2, 0) is 0 Å². The molecule has 0 radical (unpaired) electrons. The van der Waals surface area contributed by atoms with Crippen LogP contribution in [0.3, 0.4) is 0 Å². The second kappa shape index (κ2) is 5.70. The van der Waals surface area contributed by atoms with Crippen molar-refractivity contribution in [2.24, 2.45) is 0 Å². The van der Waals surface area contributed by atoms with Crippen LogP contribution < -0.4 is 4.74 Å². The molecule has 1 aromatic carbocycles. The number of hydrogen-bond donors (Lipinski definition) is 0. The van der Waals surface area contributed by atoms with Crippen LogP contribution in [0.25, 0.3) is 11.1 Å². The van der Waals surface area contributed by atoms with E-state index in [0.717, 1.165) is 16.9 Å². The maximum Gasteiger partial charge on any atom is 0.128 e. The lowest BCUT2D eigenvalue weighted by Gasteiger charge is -2.16. The zero-order valence-corrected chi connectivity index (χ0v) is 13.3. The largest absolute Gasteiger partial charge is 0.490 e. The zero-order chi connectivity index (χ0) is 14.9. The Balaban J connectivity index is 2.53. The summed E-state index contributed by atoms with van der Waals surface area (Å²) in [4.78, 5) is 0. The molecule has 0 aliphatic rings. The fourth-order valence-electron chi connectivity index (χ4n) is 2.39. The van der Waals surface area contributed by atoms with Crippen molar-refractivity contribution in [1.82, 2.24) is 9.78 Å². The quantitative estimate of drug-likeness (QED) is 0.817. The van der Waals surface area contributed by atoms with Gasteiger partial charge in [-0.1, -0.05) is 6.07 Å². The van der Waals surface area contributed by atoms with Crippen molar-refractivity contribution in [2.75, 3.05) is 0 Å². The third-order valence-electron chi connectivity index (χ3n) is 3.23. The number of nitrogens with zero attached hydrogens (tertiary/aromatic N) is 2. The van der Waals surface area contributed by atoms with Crippen molar-refractivity contribution in [3.63, 3.8) is 0 Å². The molecule has 0 atom stereocenters. The molecule has 0 amide bonds. The van der Waals surface area contributed by atoms with Gasteiger partial charge in [0.2, 0.25) is 0 Å². The summed E-state index contributed by atoms with van der Waals surface area (Å²) in [6.07, 6.45) is 4.18. The first-order valence-electron chi connectivity index (χ1n) is 7.21. The van der Waals surface area contributed by atoms with Crippen LogP contribution in [0.2, 0.25) is 0 Å². The van der Waals surface area contributed by atoms with Crippen LogP contribution in [0.1, 0.15) is 44.9 Å². The highest BCUT2D eigenvalue weighted by Crippen LogP contribution is 2.35. The lowest BCUT2D eigenvalue weighted by molar-refractivity contribution is 0.243. The molecule has 0 saturated carbocycles. The van der Waals surface area contributed by atoms with E-state index in [2.05, 4.69) is 65.0 Å². The van der Waals surface area contributed by atoms with E-state index in [1.165, 1.54) is 11.1 Å². The fourth-order valence-corrected chi connectivity index (χ4v) is 2.39. The first-order valence-corrected chi connectivity index (χ1v) is 7.21. The van der Waals surface area contributed by atoms with E-state index in [-0.39, 0.29) is 6.10 Å². The molecule has 1 aromatic heterocycles. The average molecular weight is 272 g/mol. The van der Waals surface area contributed by atoms with E-state index < -0.39 is 0 Å². The van der Waals surface area contributed by atoms with E-state index in [0.29, 0.717) is 6.04 Å². The fraction of sp³-hybridized carbons (Fsp3) is 0.471. The van der Waals surface area contributed by atoms with Crippen molar-refractivity contribution in [3.05, 3.63) is 35.7 Å². The standard InChI is InChI=1S/C17H24N2O/c1-11(2)19-10-15(9-18-19)17-14(6)7-13(5)8-16(17)20-12(3)4/h7-12H,1-6H3. The van der Waals surface area contributed by atoms with Crippen molar-refractivity contribution in [1.29, 1.82) is 0 Å². The molecule has 108 valence electrons. The van der Waals surface area contributed by atoms with Crippen LogP contribution in [0.15, 0.2) is 24.5 Å². The van der Waals surface area contributed by atoms with Gasteiger partial charge in [0.25, 0.3) is 0 Å². The maximum absolute atomic E-state index is 5.99. The number of benzene rings is 1.